The summed E-state index contributed by atoms with van der Waals surface area (Å²) in [4.78, 5) is 8.10. The molecule has 1 aliphatic rings. The molecule has 4 N–H and O–H groups in total. The molecule has 7 nitrogen and oxygen atoms in total. The number of halogens is 1. The number of hydrogen-bond donors (Lipinski definition) is 4. The smallest absolute Gasteiger partial charge is 0.229 e. The van der Waals surface area contributed by atoms with Crippen molar-refractivity contribution in [2.75, 3.05) is 16.0 Å². The first-order valence-electron chi connectivity index (χ1n) is 7.75. The van der Waals surface area contributed by atoms with Crippen LogP contribution >= 0.6 is 0 Å². The van der Waals surface area contributed by atoms with Crippen molar-refractivity contribution in [3.63, 3.8) is 0 Å². The summed E-state index contributed by atoms with van der Waals surface area (Å²) in [7, 11) is 0. The van der Waals surface area contributed by atoms with Gasteiger partial charge in [0.25, 0.3) is 0 Å². The zero-order valence-corrected chi connectivity index (χ0v) is 13.4. The van der Waals surface area contributed by atoms with Crippen LogP contribution in [-0.4, -0.2) is 15.1 Å². The minimum Gasteiger partial charge on any atom is -0.508 e. The maximum Gasteiger partial charge on any atom is 0.229 e. The zero-order chi connectivity index (χ0) is 17.9. The van der Waals surface area contributed by atoms with Gasteiger partial charge in [-0.2, -0.15) is 4.98 Å². The van der Waals surface area contributed by atoms with E-state index in [1.807, 2.05) is 6.07 Å². The molecule has 8 heteroatoms. The minimum atomic E-state index is -0.607. The molecule has 0 atom stereocenters. The van der Waals surface area contributed by atoms with E-state index in [0.717, 1.165) is 11.9 Å². The van der Waals surface area contributed by atoms with Crippen LogP contribution in [0, 0.1) is 5.82 Å². The third kappa shape index (κ3) is 3.34. The van der Waals surface area contributed by atoms with Crippen LogP contribution in [0.25, 0.3) is 0 Å². The lowest BCUT2D eigenvalue weighted by atomic mass is 10.2. The first-order valence-corrected chi connectivity index (χ1v) is 7.75. The van der Waals surface area contributed by atoms with Crippen molar-refractivity contribution in [2.24, 2.45) is 0 Å². The summed E-state index contributed by atoms with van der Waals surface area (Å²) in [6.07, 6.45) is 4.30. The van der Waals surface area contributed by atoms with E-state index >= 15 is 0 Å². The Morgan fingerprint density at radius 1 is 1.08 bits per heavy atom. The quantitative estimate of drug-likeness (QED) is 0.563. The number of benzene rings is 2. The van der Waals surface area contributed by atoms with Gasteiger partial charge in [-0.25, -0.2) is 9.37 Å². The normalized spacial score (nSPS) is 11.9. The Morgan fingerprint density at radius 3 is 2.85 bits per heavy atom. The first-order chi connectivity index (χ1) is 12.7. The molecule has 0 amide bonds. The van der Waals surface area contributed by atoms with E-state index in [1.165, 1.54) is 12.1 Å². The topological polar surface area (TPSA) is 91.3 Å². The predicted molar refractivity (Wildman–Crippen MR) is 96.5 cm³/mol. The maximum atomic E-state index is 14.0. The first kappa shape index (κ1) is 15.7. The van der Waals surface area contributed by atoms with Crippen LogP contribution < -0.4 is 20.7 Å². The van der Waals surface area contributed by atoms with Crippen LogP contribution in [-0.2, 0) is 0 Å². The summed E-state index contributed by atoms with van der Waals surface area (Å²) in [5.74, 6) is 0.381. The van der Waals surface area contributed by atoms with E-state index in [-0.39, 0.29) is 17.5 Å². The standard InChI is InChI=1S/C18H14FN5O2/c19-14-10-21-18(24-17(14)22-11-2-1-3-13(25)8-11)23-12-4-5-16-15(9-12)20-6-7-26-16/h1-10,20,25H,(H2,21,22,23,24). The number of hydrogen-bond acceptors (Lipinski definition) is 7. The fourth-order valence-corrected chi connectivity index (χ4v) is 2.42. The van der Waals surface area contributed by atoms with Gasteiger partial charge >= 0.3 is 0 Å². The third-order valence-corrected chi connectivity index (χ3v) is 3.59. The molecule has 0 saturated heterocycles. The van der Waals surface area contributed by atoms with E-state index in [4.69, 9.17) is 4.74 Å². The molecular formula is C18H14FN5O2. The number of nitrogens with zero attached hydrogens (tertiary/aromatic N) is 2. The molecule has 3 aromatic rings. The van der Waals surface area contributed by atoms with Gasteiger partial charge in [0, 0.05) is 23.6 Å². The largest absolute Gasteiger partial charge is 0.508 e. The van der Waals surface area contributed by atoms with Crippen LogP contribution in [0.15, 0.2) is 61.1 Å². The molecule has 0 unspecified atom stereocenters. The van der Waals surface area contributed by atoms with Gasteiger partial charge in [0.05, 0.1) is 11.9 Å². The average Bonchev–Trinajstić information content (AvgIpc) is 2.64. The van der Waals surface area contributed by atoms with Crippen molar-refractivity contribution in [3.05, 3.63) is 66.9 Å². The fourth-order valence-electron chi connectivity index (χ4n) is 2.42. The molecule has 0 aliphatic carbocycles. The van der Waals surface area contributed by atoms with E-state index < -0.39 is 5.82 Å². The van der Waals surface area contributed by atoms with Crippen LogP contribution in [0.1, 0.15) is 0 Å². The number of phenols is 1. The number of aromatic hydroxyl groups is 1. The Labute approximate surface area is 148 Å². The Morgan fingerprint density at radius 2 is 1.96 bits per heavy atom. The maximum absolute atomic E-state index is 14.0. The van der Waals surface area contributed by atoms with Crippen LogP contribution in [0.4, 0.5) is 33.2 Å². The fraction of sp³-hybridized carbons (Fsp3) is 0. The minimum absolute atomic E-state index is 0.00421. The van der Waals surface area contributed by atoms with Gasteiger partial charge in [-0.1, -0.05) is 6.07 Å². The SMILES string of the molecule is Oc1cccc(Nc2nc(Nc3ccc4c(c3)NC=CO4)ncc2F)c1. The van der Waals surface area contributed by atoms with Crippen LogP contribution in [0.5, 0.6) is 11.5 Å². The number of ether oxygens (including phenoxy) is 1. The second-order valence-electron chi connectivity index (χ2n) is 5.47. The summed E-state index contributed by atoms with van der Waals surface area (Å²) in [6.45, 7) is 0. The lowest BCUT2D eigenvalue weighted by Gasteiger charge is -2.15. The van der Waals surface area contributed by atoms with Crippen molar-refractivity contribution in [1.29, 1.82) is 0 Å². The molecule has 2 heterocycles. The van der Waals surface area contributed by atoms with Crippen molar-refractivity contribution in [3.8, 4) is 11.5 Å². The second-order valence-corrected chi connectivity index (χ2v) is 5.47. The van der Waals surface area contributed by atoms with Crippen LogP contribution in [0.3, 0.4) is 0 Å². The van der Waals surface area contributed by atoms with Gasteiger partial charge in [0.15, 0.2) is 11.6 Å². The molecule has 26 heavy (non-hydrogen) atoms. The molecule has 0 radical (unpaired) electrons. The molecule has 1 aliphatic heterocycles. The molecule has 0 spiro atoms. The number of fused-ring (bicyclic) bond motifs is 1. The number of aromatic nitrogens is 2. The summed E-state index contributed by atoms with van der Waals surface area (Å²) >= 11 is 0. The van der Waals surface area contributed by atoms with E-state index in [1.54, 1.807) is 36.7 Å². The van der Waals surface area contributed by atoms with Gasteiger partial charge in [-0.3, -0.25) is 0 Å². The second kappa shape index (κ2) is 6.60. The highest BCUT2D eigenvalue weighted by molar-refractivity contribution is 5.69. The molecule has 0 bridgehead atoms. The van der Waals surface area contributed by atoms with Gasteiger partial charge < -0.3 is 25.8 Å². The molecule has 2 aromatic carbocycles. The van der Waals surface area contributed by atoms with Gasteiger partial charge in [-0.05, 0) is 30.3 Å². The van der Waals surface area contributed by atoms with E-state index in [0.29, 0.717) is 17.1 Å². The summed E-state index contributed by atoms with van der Waals surface area (Å²) in [5, 5.41) is 18.4. The van der Waals surface area contributed by atoms with Gasteiger partial charge in [0.1, 0.15) is 17.8 Å². The zero-order valence-electron chi connectivity index (χ0n) is 13.4. The lowest BCUT2D eigenvalue weighted by Crippen LogP contribution is -2.04. The predicted octanol–water partition coefficient (Wildman–Crippen LogP) is 4.08. The molecule has 1 aromatic heterocycles. The monoisotopic (exact) mass is 351 g/mol. The number of phenolic OH excluding ortho intramolecular Hbond substituents is 1. The van der Waals surface area contributed by atoms with Crippen molar-refractivity contribution in [1.82, 2.24) is 9.97 Å². The number of anilines is 5. The number of nitrogens with one attached hydrogen (secondary N) is 3. The average molecular weight is 351 g/mol. The molecular weight excluding hydrogens is 337 g/mol. The molecule has 0 fully saturated rings. The highest BCUT2D eigenvalue weighted by atomic mass is 19.1. The molecule has 0 saturated carbocycles. The van der Waals surface area contributed by atoms with Crippen molar-refractivity contribution < 1.29 is 14.2 Å². The third-order valence-electron chi connectivity index (χ3n) is 3.59. The Kier molecular flexibility index (Phi) is 3.98. The van der Waals surface area contributed by atoms with Crippen molar-refractivity contribution in [2.45, 2.75) is 0 Å². The summed E-state index contributed by atoms with van der Waals surface area (Å²) in [5.41, 5.74) is 2.01. The van der Waals surface area contributed by atoms with Crippen molar-refractivity contribution >= 4 is 28.8 Å². The lowest BCUT2D eigenvalue weighted by molar-refractivity contribution is 0.475. The highest BCUT2D eigenvalue weighted by Gasteiger charge is 2.10. The molecule has 130 valence electrons. The number of rotatable bonds is 4. The van der Waals surface area contributed by atoms with Gasteiger partial charge in [-0.15, -0.1) is 0 Å². The Bertz CT molecular complexity index is 993. The Hall–Kier alpha value is -3.81. The highest BCUT2D eigenvalue weighted by Crippen LogP contribution is 2.31. The van der Waals surface area contributed by atoms with Gasteiger partial charge in [0.2, 0.25) is 5.95 Å². The van der Waals surface area contributed by atoms with E-state index in [9.17, 15) is 9.50 Å². The van der Waals surface area contributed by atoms with Crippen LogP contribution in [0.2, 0.25) is 0 Å². The summed E-state index contributed by atoms with van der Waals surface area (Å²) < 4.78 is 19.4. The van der Waals surface area contributed by atoms with E-state index in [2.05, 4.69) is 25.9 Å². The Balaban J connectivity index is 1.56. The molecule has 4 rings (SSSR count). The summed E-state index contributed by atoms with van der Waals surface area (Å²) in [6, 6.07) is 11.8.